The first-order valence-corrected chi connectivity index (χ1v) is 18.6. The SMILES string of the molecule is Br.Br.COc1ccc(-c2nc(-c3cc[n+](CCCCCCCCCCCC[n+]4ccccc4)cc3)n(-c3ccccc3)c2-c2ccc(OC)cc2)cc1. The highest BCUT2D eigenvalue weighted by atomic mass is 79.9. The Morgan fingerprint density at radius 3 is 1.43 bits per heavy atom. The molecule has 278 valence electrons. The Morgan fingerprint density at radius 1 is 0.472 bits per heavy atom. The summed E-state index contributed by atoms with van der Waals surface area (Å²) in [5.41, 5.74) is 6.17. The van der Waals surface area contributed by atoms with Gasteiger partial charge in [0.05, 0.1) is 25.6 Å². The molecule has 0 saturated heterocycles. The van der Waals surface area contributed by atoms with Gasteiger partial charge in [-0.25, -0.2) is 14.1 Å². The number of aryl methyl sites for hydroxylation is 2. The van der Waals surface area contributed by atoms with Gasteiger partial charge in [-0.15, -0.1) is 34.0 Å². The molecule has 6 rings (SSSR count). The quantitative estimate of drug-likeness (QED) is 0.0603. The van der Waals surface area contributed by atoms with Crippen LogP contribution in [0.4, 0.5) is 0 Å². The lowest BCUT2D eigenvalue weighted by Gasteiger charge is -2.14. The van der Waals surface area contributed by atoms with Crippen LogP contribution in [0.15, 0.2) is 134 Å². The molecule has 0 aliphatic carbocycles. The number of hydrogen-bond acceptors (Lipinski definition) is 3. The Kier molecular flexibility index (Phi) is 17.3. The molecule has 0 radical (unpaired) electrons. The standard InChI is InChI=1S/C45H52N4O2.2BrH/c1-50-41-25-21-37(22-26-41)43-44(38-23-27-42(51-2)28-24-38)49(40-19-13-11-14-20-40)45(46-43)39-29-35-48(36-30-39)34-16-10-8-6-4-3-5-7-9-15-31-47-32-17-12-18-33-47;;/h11-14,17-30,32-33,35-36H,3-10,15-16,31,34H2,1-2H3;2*1H/q+2;;. The molecule has 0 spiro atoms. The third-order valence-electron chi connectivity index (χ3n) is 9.63. The van der Waals surface area contributed by atoms with Crippen LogP contribution in [0, 0.1) is 0 Å². The Morgan fingerprint density at radius 2 is 0.925 bits per heavy atom. The molecule has 0 fully saturated rings. The van der Waals surface area contributed by atoms with Crippen molar-refractivity contribution in [1.29, 1.82) is 0 Å². The predicted octanol–water partition coefficient (Wildman–Crippen LogP) is 11.2. The number of rotatable bonds is 19. The van der Waals surface area contributed by atoms with E-state index in [2.05, 4.69) is 123 Å². The number of unbranched alkanes of at least 4 members (excludes halogenated alkanes) is 9. The van der Waals surface area contributed by atoms with Gasteiger partial charge in [-0.1, -0.05) is 62.8 Å². The van der Waals surface area contributed by atoms with Gasteiger partial charge in [0.15, 0.2) is 24.8 Å². The lowest BCUT2D eigenvalue weighted by molar-refractivity contribution is -0.697. The first kappa shape index (κ1) is 41.5. The molecular weight excluding hydrogens is 788 g/mol. The van der Waals surface area contributed by atoms with E-state index in [4.69, 9.17) is 14.5 Å². The number of aromatic nitrogens is 4. The molecule has 0 amide bonds. The van der Waals surface area contributed by atoms with Crippen LogP contribution in [-0.4, -0.2) is 23.8 Å². The number of pyridine rings is 2. The molecule has 6 aromatic rings. The number of hydrogen-bond donors (Lipinski definition) is 0. The molecule has 0 atom stereocenters. The van der Waals surface area contributed by atoms with Crippen LogP contribution in [0.2, 0.25) is 0 Å². The topological polar surface area (TPSA) is 44.0 Å². The van der Waals surface area contributed by atoms with Crippen molar-refractivity contribution in [2.24, 2.45) is 0 Å². The number of methoxy groups -OCH3 is 2. The third kappa shape index (κ3) is 11.6. The van der Waals surface area contributed by atoms with E-state index < -0.39 is 0 Å². The molecule has 3 aromatic carbocycles. The zero-order valence-electron chi connectivity index (χ0n) is 31.1. The van der Waals surface area contributed by atoms with Crippen molar-refractivity contribution in [2.75, 3.05) is 14.2 Å². The number of nitrogens with zero attached hydrogens (tertiary/aromatic N) is 4. The van der Waals surface area contributed by atoms with Crippen molar-refractivity contribution in [2.45, 2.75) is 77.3 Å². The fraction of sp³-hybridized carbons (Fsp3) is 0.311. The molecule has 0 bridgehead atoms. The van der Waals surface area contributed by atoms with Crippen LogP contribution in [0.5, 0.6) is 11.5 Å². The van der Waals surface area contributed by atoms with E-state index in [1.54, 1.807) is 14.2 Å². The molecule has 3 heterocycles. The van der Waals surface area contributed by atoms with Crippen molar-refractivity contribution in [3.63, 3.8) is 0 Å². The minimum atomic E-state index is 0. The average molecular weight is 843 g/mol. The lowest BCUT2D eigenvalue weighted by atomic mass is 10.0. The second-order valence-corrected chi connectivity index (χ2v) is 13.2. The van der Waals surface area contributed by atoms with Crippen LogP contribution in [-0.2, 0) is 13.1 Å². The highest BCUT2D eigenvalue weighted by Gasteiger charge is 2.23. The molecule has 3 aromatic heterocycles. The maximum Gasteiger partial charge on any atom is 0.169 e. The molecule has 0 unspecified atom stereocenters. The zero-order chi connectivity index (χ0) is 35.1. The minimum absolute atomic E-state index is 0. The Hall–Kier alpha value is -4.27. The second-order valence-electron chi connectivity index (χ2n) is 13.2. The van der Waals surface area contributed by atoms with Crippen LogP contribution in [0.1, 0.15) is 64.2 Å². The largest absolute Gasteiger partial charge is 0.497 e. The summed E-state index contributed by atoms with van der Waals surface area (Å²) in [7, 11) is 3.39. The number of benzene rings is 3. The maximum atomic E-state index is 5.49. The minimum Gasteiger partial charge on any atom is -0.497 e. The van der Waals surface area contributed by atoms with Gasteiger partial charge in [0.1, 0.15) is 30.4 Å². The molecule has 0 saturated carbocycles. The number of halogens is 2. The van der Waals surface area contributed by atoms with E-state index in [0.29, 0.717) is 0 Å². The average Bonchev–Trinajstić information content (AvgIpc) is 3.60. The van der Waals surface area contributed by atoms with Crippen LogP contribution in [0.25, 0.3) is 39.6 Å². The lowest BCUT2D eigenvalue weighted by Crippen LogP contribution is -2.32. The van der Waals surface area contributed by atoms with Gasteiger partial charge in [0.2, 0.25) is 0 Å². The summed E-state index contributed by atoms with van der Waals surface area (Å²) < 4.78 is 17.8. The van der Waals surface area contributed by atoms with E-state index in [0.717, 1.165) is 64.2 Å². The third-order valence-corrected chi connectivity index (χ3v) is 9.63. The summed E-state index contributed by atoms with van der Waals surface area (Å²) in [4.78, 5) is 5.36. The fourth-order valence-electron chi connectivity index (χ4n) is 6.75. The summed E-state index contributed by atoms with van der Waals surface area (Å²) in [5, 5.41) is 0. The second kappa shape index (κ2) is 22.1. The van der Waals surface area contributed by atoms with Crippen molar-refractivity contribution < 1.29 is 18.6 Å². The van der Waals surface area contributed by atoms with Crippen molar-refractivity contribution in [3.8, 4) is 51.1 Å². The van der Waals surface area contributed by atoms with E-state index >= 15 is 0 Å². The van der Waals surface area contributed by atoms with E-state index in [1.165, 1.54) is 64.2 Å². The Bertz CT molecular complexity index is 1900. The van der Waals surface area contributed by atoms with Gasteiger partial charge in [-0.2, -0.15) is 0 Å². The summed E-state index contributed by atoms with van der Waals surface area (Å²) >= 11 is 0. The molecule has 0 N–H and O–H groups in total. The van der Waals surface area contributed by atoms with E-state index in [9.17, 15) is 0 Å². The Balaban J connectivity index is 0.00000314. The highest BCUT2D eigenvalue weighted by Crippen LogP contribution is 2.39. The molecule has 6 nitrogen and oxygen atoms in total. The van der Waals surface area contributed by atoms with Crippen molar-refractivity contribution in [3.05, 3.63) is 134 Å². The van der Waals surface area contributed by atoms with Gasteiger partial charge < -0.3 is 9.47 Å². The van der Waals surface area contributed by atoms with Crippen LogP contribution < -0.4 is 18.6 Å². The highest BCUT2D eigenvalue weighted by molar-refractivity contribution is 8.93. The first-order chi connectivity index (χ1) is 25.2. The summed E-state index contributed by atoms with van der Waals surface area (Å²) in [6.45, 7) is 2.16. The summed E-state index contributed by atoms with van der Waals surface area (Å²) in [6, 6.07) is 37.6. The molecular formula is C45H54Br2N4O2+2. The summed E-state index contributed by atoms with van der Waals surface area (Å²) in [6.07, 6.45) is 21.9. The fourth-order valence-corrected chi connectivity index (χ4v) is 6.75. The van der Waals surface area contributed by atoms with E-state index in [-0.39, 0.29) is 34.0 Å². The van der Waals surface area contributed by atoms with Crippen molar-refractivity contribution >= 4 is 34.0 Å². The number of imidazole rings is 1. The van der Waals surface area contributed by atoms with Gasteiger partial charge in [-0.05, 0) is 73.5 Å². The maximum absolute atomic E-state index is 5.49. The molecule has 0 aliphatic rings. The molecule has 0 aliphatic heterocycles. The number of para-hydroxylation sites is 1. The van der Waals surface area contributed by atoms with Crippen LogP contribution >= 0.6 is 34.0 Å². The first-order valence-electron chi connectivity index (χ1n) is 18.6. The Labute approximate surface area is 337 Å². The monoisotopic (exact) mass is 840 g/mol. The number of ether oxygens (including phenoxy) is 2. The van der Waals surface area contributed by atoms with Gasteiger partial charge in [0.25, 0.3) is 0 Å². The molecule has 8 heteroatoms. The summed E-state index contributed by atoms with van der Waals surface area (Å²) in [5.74, 6) is 2.55. The predicted molar refractivity (Wildman–Crippen MR) is 227 cm³/mol. The van der Waals surface area contributed by atoms with Gasteiger partial charge in [0, 0.05) is 59.5 Å². The zero-order valence-corrected chi connectivity index (χ0v) is 34.5. The molecule has 53 heavy (non-hydrogen) atoms. The van der Waals surface area contributed by atoms with Crippen LogP contribution in [0.3, 0.4) is 0 Å². The smallest absolute Gasteiger partial charge is 0.169 e. The van der Waals surface area contributed by atoms with Gasteiger partial charge in [-0.3, -0.25) is 4.57 Å². The van der Waals surface area contributed by atoms with Crippen molar-refractivity contribution in [1.82, 2.24) is 9.55 Å². The van der Waals surface area contributed by atoms with Gasteiger partial charge >= 0.3 is 0 Å². The normalized spacial score (nSPS) is 10.7. The van der Waals surface area contributed by atoms with E-state index in [1.807, 2.05) is 24.3 Å².